The van der Waals surface area contributed by atoms with E-state index in [1.807, 2.05) is 4.90 Å². The molecule has 0 aromatic heterocycles. The number of nitrogens with two attached hydrogens (primary N) is 1. The molecule has 0 radical (unpaired) electrons. The van der Waals surface area contributed by atoms with Crippen LogP contribution in [0.3, 0.4) is 0 Å². The molecule has 0 saturated carbocycles. The summed E-state index contributed by atoms with van der Waals surface area (Å²) in [6.07, 6.45) is 6.74. The molecule has 2 atom stereocenters. The molecule has 0 aliphatic carbocycles. The summed E-state index contributed by atoms with van der Waals surface area (Å²) in [5.41, 5.74) is 5.90. The molecule has 0 aromatic rings. The van der Waals surface area contributed by atoms with Crippen LogP contribution in [0.5, 0.6) is 0 Å². The lowest BCUT2D eigenvalue weighted by molar-refractivity contribution is -0.134. The second-order valence-electron chi connectivity index (χ2n) is 7.45. The van der Waals surface area contributed by atoms with Gasteiger partial charge in [-0.3, -0.25) is 4.79 Å². The summed E-state index contributed by atoms with van der Waals surface area (Å²) >= 11 is 0. The Bertz CT molecular complexity index is 312. The van der Waals surface area contributed by atoms with Crippen LogP contribution in [0.15, 0.2) is 0 Å². The van der Waals surface area contributed by atoms with Gasteiger partial charge in [-0.05, 0) is 43.6 Å². The van der Waals surface area contributed by atoms with E-state index in [4.69, 9.17) is 5.73 Å². The summed E-state index contributed by atoms with van der Waals surface area (Å²) < 4.78 is 0. The summed E-state index contributed by atoms with van der Waals surface area (Å²) in [5.74, 6) is 0.688. The Morgan fingerprint density at radius 2 is 2.00 bits per heavy atom. The van der Waals surface area contributed by atoms with E-state index in [1.54, 1.807) is 0 Å². The highest BCUT2D eigenvalue weighted by atomic mass is 16.3. The highest BCUT2D eigenvalue weighted by molar-refractivity contribution is 5.76. The minimum Gasteiger partial charge on any atom is -0.394 e. The van der Waals surface area contributed by atoms with Gasteiger partial charge in [-0.1, -0.05) is 33.6 Å². The zero-order valence-corrected chi connectivity index (χ0v) is 14.1. The molecule has 4 nitrogen and oxygen atoms in total. The first-order chi connectivity index (χ1) is 9.90. The molecular formula is C17H34N2O2. The van der Waals surface area contributed by atoms with Crippen LogP contribution in [-0.4, -0.2) is 41.7 Å². The third kappa shape index (κ3) is 5.95. The van der Waals surface area contributed by atoms with Gasteiger partial charge in [-0.2, -0.15) is 0 Å². The number of aliphatic hydroxyl groups is 1. The lowest BCUT2D eigenvalue weighted by Gasteiger charge is -2.33. The van der Waals surface area contributed by atoms with Gasteiger partial charge in [-0.25, -0.2) is 0 Å². The van der Waals surface area contributed by atoms with Gasteiger partial charge in [0.25, 0.3) is 0 Å². The normalized spacial score (nSPS) is 22.0. The number of carbonyl (C=O) groups excluding carboxylic acids is 1. The lowest BCUT2D eigenvalue weighted by Crippen LogP contribution is -2.42. The second kappa shape index (κ2) is 8.74. The molecule has 4 heteroatoms. The van der Waals surface area contributed by atoms with E-state index in [-0.39, 0.29) is 24.0 Å². The van der Waals surface area contributed by atoms with Crippen molar-refractivity contribution in [2.75, 3.05) is 19.7 Å². The Labute approximate surface area is 130 Å². The van der Waals surface area contributed by atoms with Crippen LogP contribution in [0, 0.1) is 11.3 Å². The molecule has 1 saturated heterocycles. The van der Waals surface area contributed by atoms with E-state index in [2.05, 4.69) is 20.8 Å². The monoisotopic (exact) mass is 298 g/mol. The van der Waals surface area contributed by atoms with Crippen molar-refractivity contribution in [1.29, 1.82) is 0 Å². The zero-order valence-electron chi connectivity index (χ0n) is 14.1. The number of amides is 1. The molecular weight excluding hydrogens is 264 g/mol. The minimum absolute atomic E-state index is 0.0302. The summed E-state index contributed by atoms with van der Waals surface area (Å²) in [4.78, 5) is 14.5. The standard InChI is InChI=1S/C17H34N2O2/c1-17(2,3)14(10-11-18)8-9-16(21)19-12-6-4-5-7-15(19)13-20/h14-15,20H,4-13,18H2,1-3H3. The topological polar surface area (TPSA) is 66.6 Å². The molecule has 124 valence electrons. The molecule has 2 unspecified atom stereocenters. The van der Waals surface area contributed by atoms with Crippen molar-refractivity contribution in [2.24, 2.45) is 17.1 Å². The molecule has 1 amide bonds. The van der Waals surface area contributed by atoms with Crippen molar-refractivity contribution in [2.45, 2.75) is 71.8 Å². The van der Waals surface area contributed by atoms with Crippen molar-refractivity contribution >= 4 is 5.91 Å². The number of carbonyl (C=O) groups is 1. The van der Waals surface area contributed by atoms with Crippen molar-refractivity contribution in [3.63, 3.8) is 0 Å². The number of likely N-dealkylation sites (tertiary alicyclic amines) is 1. The van der Waals surface area contributed by atoms with Crippen LogP contribution in [0.1, 0.15) is 65.7 Å². The van der Waals surface area contributed by atoms with Gasteiger partial charge in [0.05, 0.1) is 12.6 Å². The summed E-state index contributed by atoms with van der Waals surface area (Å²) in [6, 6.07) is 0.0302. The van der Waals surface area contributed by atoms with Crippen LogP contribution >= 0.6 is 0 Å². The molecule has 1 heterocycles. The van der Waals surface area contributed by atoms with Crippen LogP contribution in [0.4, 0.5) is 0 Å². The quantitative estimate of drug-likeness (QED) is 0.792. The first kappa shape index (κ1) is 18.4. The Balaban J connectivity index is 2.57. The van der Waals surface area contributed by atoms with Gasteiger partial charge in [0, 0.05) is 13.0 Å². The maximum atomic E-state index is 12.5. The zero-order chi connectivity index (χ0) is 15.9. The molecule has 0 bridgehead atoms. The molecule has 1 rings (SSSR count). The van der Waals surface area contributed by atoms with E-state index in [9.17, 15) is 9.90 Å². The van der Waals surface area contributed by atoms with Gasteiger partial charge in [0.15, 0.2) is 0 Å². The van der Waals surface area contributed by atoms with Gasteiger partial charge in [0.1, 0.15) is 0 Å². The smallest absolute Gasteiger partial charge is 0.222 e. The molecule has 0 spiro atoms. The summed E-state index contributed by atoms with van der Waals surface area (Å²) in [7, 11) is 0. The molecule has 1 aliphatic rings. The largest absolute Gasteiger partial charge is 0.394 e. The molecule has 21 heavy (non-hydrogen) atoms. The van der Waals surface area contributed by atoms with E-state index < -0.39 is 0 Å². The SMILES string of the molecule is CC(C)(C)C(CCN)CCC(=O)N1CCCCCC1CO. The summed E-state index contributed by atoms with van der Waals surface area (Å²) in [5, 5.41) is 9.52. The predicted octanol–water partition coefficient (Wildman–Crippen LogP) is 2.54. The molecule has 0 aromatic carbocycles. The first-order valence-corrected chi connectivity index (χ1v) is 8.50. The van der Waals surface area contributed by atoms with Crippen LogP contribution in [-0.2, 0) is 4.79 Å². The van der Waals surface area contributed by atoms with Crippen molar-refractivity contribution in [3.8, 4) is 0 Å². The maximum Gasteiger partial charge on any atom is 0.222 e. The highest BCUT2D eigenvalue weighted by Crippen LogP contribution is 2.32. The molecule has 1 aliphatic heterocycles. The van der Waals surface area contributed by atoms with Crippen molar-refractivity contribution in [3.05, 3.63) is 0 Å². The van der Waals surface area contributed by atoms with Crippen LogP contribution in [0.25, 0.3) is 0 Å². The van der Waals surface area contributed by atoms with Crippen LogP contribution in [0.2, 0.25) is 0 Å². The van der Waals surface area contributed by atoms with Crippen LogP contribution < -0.4 is 5.73 Å². The number of hydrogen-bond donors (Lipinski definition) is 2. The fourth-order valence-corrected chi connectivity index (χ4v) is 3.35. The van der Waals surface area contributed by atoms with Gasteiger partial charge >= 0.3 is 0 Å². The maximum absolute atomic E-state index is 12.5. The number of hydrogen-bond acceptors (Lipinski definition) is 3. The van der Waals surface area contributed by atoms with E-state index in [0.29, 0.717) is 18.9 Å². The van der Waals surface area contributed by atoms with E-state index in [0.717, 1.165) is 45.1 Å². The minimum atomic E-state index is 0.0302. The van der Waals surface area contributed by atoms with Crippen molar-refractivity contribution < 1.29 is 9.90 Å². The number of aliphatic hydroxyl groups excluding tert-OH is 1. The van der Waals surface area contributed by atoms with E-state index in [1.165, 1.54) is 0 Å². The second-order valence-corrected chi connectivity index (χ2v) is 7.45. The van der Waals surface area contributed by atoms with Gasteiger partial charge in [0.2, 0.25) is 5.91 Å². The number of rotatable bonds is 6. The Hall–Kier alpha value is -0.610. The van der Waals surface area contributed by atoms with Crippen molar-refractivity contribution in [1.82, 2.24) is 4.90 Å². The van der Waals surface area contributed by atoms with Gasteiger partial charge < -0.3 is 15.7 Å². The highest BCUT2D eigenvalue weighted by Gasteiger charge is 2.28. The number of nitrogens with zero attached hydrogens (tertiary/aromatic N) is 1. The Morgan fingerprint density at radius 1 is 1.29 bits per heavy atom. The fourth-order valence-electron chi connectivity index (χ4n) is 3.35. The molecule has 3 N–H and O–H groups in total. The predicted molar refractivity (Wildman–Crippen MR) is 86.9 cm³/mol. The lowest BCUT2D eigenvalue weighted by atomic mass is 9.76. The fraction of sp³-hybridized carbons (Fsp3) is 0.941. The Morgan fingerprint density at radius 3 is 2.57 bits per heavy atom. The third-order valence-corrected chi connectivity index (χ3v) is 4.85. The third-order valence-electron chi connectivity index (χ3n) is 4.85. The first-order valence-electron chi connectivity index (χ1n) is 8.50. The van der Waals surface area contributed by atoms with E-state index >= 15 is 0 Å². The van der Waals surface area contributed by atoms with Gasteiger partial charge in [-0.15, -0.1) is 0 Å². The average molecular weight is 298 g/mol. The summed E-state index contributed by atoms with van der Waals surface area (Å²) in [6.45, 7) is 8.25. The Kier molecular flexibility index (Phi) is 7.67. The molecule has 1 fully saturated rings. The average Bonchev–Trinajstić information content (AvgIpc) is 2.66.